The zero-order valence-corrected chi connectivity index (χ0v) is 12.1. The van der Waals surface area contributed by atoms with Gasteiger partial charge < -0.3 is 15.4 Å². The van der Waals surface area contributed by atoms with Crippen LogP contribution in [0.15, 0.2) is 36.9 Å². The Bertz CT molecular complexity index is 531. The number of amides is 2. The van der Waals surface area contributed by atoms with Crippen LogP contribution in [0.3, 0.4) is 0 Å². The van der Waals surface area contributed by atoms with E-state index in [4.69, 9.17) is 4.74 Å². The summed E-state index contributed by atoms with van der Waals surface area (Å²) in [6, 6.07) is 6.78. The number of anilines is 1. The maximum atomic E-state index is 12.3. The van der Waals surface area contributed by atoms with E-state index in [0.717, 1.165) is 12.8 Å². The Morgan fingerprint density at radius 1 is 1.24 bits per heavy atom. The Morgan fingerprint density at radius 2 is 1.86 bits per heavy atom. The Morgan fingerprint density at radius 3 is 2.43 bits per heavy atom. The summed E-state index contributed by atoms with van der Waals surface area (Å²) >= 11 is 0. The molecular formula is C16H20N2O3. The second-order valence-corrected chi connectivity index (χ2v) is 5.40. The van der Waals surface area contributed by atoms with Gasteiger partial charge in [-0.15, -0.1) is 0 Å². The van der Waals surface area contributed by atoms with Gasteiger partial charge in [0.05, 0.1) is 0 Å². The van der Waals surface area contributed by atoms with Crippen LogP contribution in [0.5, 0.6) is 0 Å². The standard InChI is InChI=1S/C16H20N2O3/c1-3-14(19)17-13-6-4-12(5-7-13)15(20)18-16(2)8-10-21-11-9-16/h3-7H,1,8-11H2,2H3,(H,17,19)(H,18,20). The maximum absolute atomic E-state index is 12.3. The zero-order chi connectivity index (χ0) is 15.3. The van der Waals surface area contributed by atoms with Crippen molar-refractivity contribution >= 4 is 17.5 Å². The van der Waals surface area contributed by atoms with Gasteiger partial charge in [0.2, 0.25) is 5.91 Å². The highest BCUT2D eigenvalue weighted by Crippen LogP contribution is 2.20. The van der Waals surface area contributed by atoms with Crippen molar-refractivity contribution in [1.29, 1.82) is 0 Å². The van der Waals surface area contributed by atoms with E-state index in [2.05, 4.69) is 17.2 Å². The Labute approximate surface area is 124 Å². The first kappa shape index (κ1) is 15.3. The highest BCUT2D eigenvalue weighted by atomic mass is 16.5. The third-order valence-electron chi connectivity index (χ3n) is 3.61. The van der Waals surface area contributed by atoms with Crippen molar-refractivity contribution < 1.29 is 14.3 Å². The Hall–Kier alpha value is -2.14. The molecule has 1 aliphatic heterocycles. The monoisotopic (exact) mass is 288 g/mol. The van der Waals surface area contributed by atoms with Crippen molar-refractivity contribution in [2.75, 3.05) is 18.5 Å². The van der Waals surface area contributed by atoms with Gasteiger partial charge in [-0.2, -0.15) is 0 Å². The van der Waals surface area contributed by atoms with Gasteiger partial charge in [0, 0.05) is 30.0 Å². The van der Waals surface area contributed by atoms with Crippen molar-refractivity contribution in [2.24, 2.45) is 0 Å². The van der Waals surface area contributed by atoms with E-state index in [9.17, 15) is 9.59 Å². The minimum absolute atomic E-state index is 0.110. The largest absolute Gasteiger partial charge is 0.381 e. The molecule has 1 aromatic rings. The van der Waals surface area contributed by atoms with Crippen LogP contribution in [0.1, 0.15) is 30.1 Å². The molecule has 5 heteroatoms. The number of hydrogen-bond donors (Lipinski definition) is 2. The van der Waals surface area contributed by atoms with Crippen LogP contribution in [0.2, 0.25) is 0 Å². The van der Waals surface area contributed by atoms with Crippen LogP contribution in [0, 0.1) is 0 Å². The van der Waals surface area contributed by atoms with Gasteiger partial charge in [0.1, 0.15) is 0 Å². The molecule has 1 aromatic carbocycles. The maximum Gasteiger partial charge on any atom is 0.251 e. The van der Waals surface area contributed by atoms with Crippen molar-refractivity contribution in [3.63, 3.8) is 0 Å². The molecule has 2 N–H and O–H groups in total. The van der Waals surface area contributed by atoms with E-state index in [1.807, 2.05) is 6.92 Å². The van der Waals surface area contributed by atoms with E-state index >= 15 is 0 Å². The first-order valence-electron chi connectivity index (χ1n) is 6.96. The molecule has 21 heavy (non-hydrogen) atoms. The van der Waals surface area contributed by atoms with Crippen molar-refractivity contribution in [3.8, 4) is 0 Å². The predicted molar refractivity (Wildman–Crippen MR) is 81.2 cm³/mol. The van der Waals surface area contributed by atoms with Gasteiger partial charge in [-0.25, -0.2) is 0 Å². The van der Waals surface area contributed by atoms with Crippen LogP contribution >= 0.6 is 0 Å². The molecule has 0 radical (unpaired) electrons. The lowest BCUT2D eigenvalue weighted by Gasteiger charge is -2.34. The third kappa shape index (κ3) is 4.16. The average Bonchev–Trinajstić information content (AvgIpc) is 2.48. The molecular weight excluding hydrogens is 268 g/mol. The highest BCUT2D eigenvalue weighted by Gasteiger charge is 2.29. The third-order valence-corrected chi connectivity index (χ3v) is 3.61. The number of carbonyl (C=O) groups excluding carboxylic acids is 2. The number of rotatable bonds is 4. The molecule has 1 aliphatic rings. The van der Waals surface area contributed by atoms with E-state index in [0.29, 0.717) is 24.5 Å². The second kappa shape index (κ2) is 6.54. The summed E-state index contributed by atoms with van der Waals surface area (Å²) in [7, 11) is 0. The van der Waals surface area contributed by atoms with Gasteiger partial charge in [-0.1, -0.05) is 6.58 Å². The van der Waals surface area contributed by atoms with Gasteiger partial charge in [0.25, 0.3) is 5.91 Å². The van der Waals surface area contributed by atoms with Gasteiger partial charge in [0.15, 0.2) is 0 Å². The van der Waals surface area contributed by atoms with Crippen LogP contribution in [0.25, 0.3) is 0 Å². The van der Waals surface area contributed by atoms with Gasteiger partial charge in [-0.05, 0) is 50.1 Å². The molecule has 5 nitrogen and oxygen atoms in total. The molecule has 1 heterocycles. The predicted octanol–water partition coefficient (Wildman–Crippen LogP) is 2.11. The van der Waals surface area contributed by atoms with Crippen molar-refractivity contribution in [1.82, 2.24) is 5.32 Å². The quantitative estimate of drug-likeness (QED) is 0.834. The molecule has 0 bridgehead atoms. The topological polar surface area (TPSA) is 67.4 Å². The zero-order valence-electron chi connectivity index (χ0n) is 12.1. The summed E-state index contributed by atoms with van der Waals surface area (Å²) in [6.45, 7) is 6.76. The molecule has 2 rings (SSSR count). The fourth-order valence-corrected chi connectivity index (χ4v) is 2.19. The lowest BCUT2D eigenvalue weighted by atomic mass is 9.92. The molecule has 0 saturated carbocycles. The number of benzene rings is 1. The number of nitrogens with one attached hydrogen (secondary N) is 2. The van der Waals surface area contributed by atoms with Crippen molar-refractivity contribution in [3.05, 3.63) is 42.5 Å². The fraction of sp³-hybridized carbons (Fsp3) is 0.375. The molecule has 112 valence electrons. The average molecular weight is 288 g/mol. The number of ether oxygens (including phenoxy) is 1. The molecule has 1 fully saturated rings. The molecule has 1 saturated heterocycles. The highest BCUT2D eigenvalue weighted by molar-refractivity contribution is 5.99. The minimum Gasteiger partial charge on any atom is -0.381 e. The molecule has 2 amide bonds. The smallest absolute Gasteiger partial charge is 0.251 e. The first-order chi connectivity index (χ1) is 10.0. The number of carbonyl (C=O) groups is 2. The van der Waals surface area contributed by atoms with E-state index in [1.54, 1.807) is 24.3 Å². The molecule has 0 aliphatic carbocycles. The van der Waals surface area contributed by atoms with Gasteiger partial charge >= 0.3 is 0 Å². The summed E-state index contributed by atoms with van der Waals surface area (Å²) in [5, 5.41) is 5.70. The van der Waals surface area contributed by atoms with Gasteiger partial charge in [-0.3, -0.25) is 9.59 Å². The van der Waals surface area contributed by atoms with E-state index in [-0.39, 0.29) is 17.4 Å². The molecule has 0 unspecified atom stereocenters. The summed E-state index contributed by atoms with van der Waals surface area (Å²) in [4.78, 5) is 23.4. The Balaban J connectivity index is 1.99. The van der Waals surface area contributed by atoms with E-state index in [1.165, 1.54) is 6.08 Å². The number of hydrogen-bond acceptors (Lipinski definition) is 3. The summed E-state index contributed by atoms with van der Waals surface area (Å²) in [5.41, 5.74) is 0.985. The first-order valence-corrected chi connectivity index (χ1v) is 6.96. The Kier molecular flexibility index (Phi) is 4.75. The molecule has 0 aromatic heterocycles. The van der Waals surface area contributed by atoms with Crippen molar-refractivity contribution in [2.45, 2.75) is 25.3 Å². The van der Waals surface area contributed by atoms with Crippen LogP contribution < -0.4 is 10.6 Å². The minimum atomic E-state index is -0.276. The van der Waals surface area contributed by atoms with Crippen LogP contribution in [0.4, 0.5) is 5.69 Å². The van der Waals surface area contributed by atoms with Crippen LogP contribution in [-0.2, 0) is 9.53 Å². The summed E-state index contributed by atoms with van der Waals surface area (Å²) < 4.78 is 5.32. The fourth-order valence-electron chi connectivity index (χ4n) is 2.19. The normalized spacial score (nSPS) is 16.8. The molecule has 0 spiro atoms. The van der Waals surface area contributed by atoms with Crippen LogP contribution in [-0.4, -0.2) is 30.6 Å². The van der Waals surface area contributed by atoms with E-state index < -0.39 is 0 Å². The molecule has 0 atom stereocenters. The SMILES string of the molecule is C=CC(=O)Nc1ccc(C(=O)NC2(C)CCOCC2)cc1. The lowest BCUT2D eigenvalue weighted by molar-refractivity contribution is -0.111. The lowest BCUT2D eigenvalue weighted by Crippen LogP contribution is -2.49. The summed E-state index contributed by atoms with van der Waals surface area (Å²) in [6.07, 6.45) is 2.82. The second-order valence-electron chi connectivity index (χ2n) is 5.40. The summed E-state index contributed by atoms with van der Waals surface area (Å²) in [5.74, 6) is -0.386.